The van der Waals surface area contributed by atoms with E-state index in [0.29, 0.717) is 18.7 Å². The first-order chi connectivity index (χ1) is 12.7. The quantitative estimate of drug-likeness (QED) is 0.750. The summed E-state index contributed by atoms with van der Waals surface area (Å²) in [6.45, 7) is 4.36. The van der Waals surface area contributed by atoms with E-state index >= 15 is 0 Å². The number of halogens is 1. The van der Waals surface area contributed by atoms with E-state index in [1.165, 1.54) is 22.7 Å². The minimum absolute atomic E-state index is 0.172. The molecule has 1 N–H and O–H groups in total. The van der Waals surface area contributed by atoms with Gasteiger partial charge in [-0.05, 0) is 55.2 Å². The van der Waals surface area contributed by atoms with E-state index in [0.717, 1.165) is 16.7 Å². The molecule has 27 heavy (non-hydrogen) atoms. The third-order valence-corrected chi connectivity index (χ3v) is 5.59. The molecule has 0 spiro atoms. The second-order valence-electron chi connectivity index (χ2n) is 6.56. The molecule has 2 aromatic rings. The smallest absolute Gasteiger partial charge is 0.232 e. The minimum Gasteiger partial charge on any atom is -0.352 e. The first-order valence-electron chi connectivity index (χ1n) is 8.73. The second-order valence-corrected chi connectivity index (χ2v) is 8.47. The summed E-state index contributed by atoms with van der Waals surface area (Å²) in [5.41, 5.74) is 3.36. The number of aryl methyl sites for hydroxylation is 1. The van der Waals surface area contributed by atoms with Crippen molar-refractivity contribution in [1.29, 1.82) is 0 Å². The molecule has 0 saturated carbocycles. The molecule has 0 radical (unpaired) electrons. The lowest BCUT2D eigenvalue weighted by molar-refractivity contribution is -0.121. The zero-order valence-corrected chi connectivity index (χ0v) is 16.6. The number of nitrogens with zero attached hydrogens (tertiary/aromatic N) is 1. The van der Waals surface area contributed by atoms with Crippen LogP contribution in [0.15, 0.2) is 42.5 Å². The van der Waals surface area contributed by atoms with Crippen molar-refractivity contribution in [2.24, 2.45) is 0 Å². The standard InChI is InChI=1S/C20H25FN2O3S/c1-15-6-4-7-19(16(15)2)23(27(3,25)26)13-5-8-20(24)22-14-17-9-11-18(21)12-10-17/h4,6-7,9-12H,5,8,13-14H2,1-3H3,(H,22,24). The lowest BCUT2D eigenvalue weighted by Gasteiger charge is -2.24. The molecule has 0 aliphatic heterocycles. The maximum Gasteiger partial charge on any atom is 0.232 e. The van der Waals surface area contributed by atoms with Crippen molar-refractivity contribution in [3.05, 3.63) is 65.0 Å². The van der Waals surface area contributed by atoms with Crippen molar-refractivity contribution in [3.8, 4) is 0 Å². The Morgan fingerprint density at radius 2 is 1.78 bits per heavy atom. The lowest BCUT2D eigenvalue weighted by atomic mass is 10.1. The molecule has 0 saturated heterocycles. The third-order valence-electron chi connectivity index (χ3n) is 4.41. The Kier molecular flexibility index (Phi) is 6.96. The molecule has 0 heterocycles. The van der Waals surface area contributed by atoms with Crippen molar-refractivity contribution < 1.29 is 17.6 Å². The molecule has 146 valence electrons. The van der Waals surface area contributed by atoms with E-state index in [9.17, 15) is 17.6 Å². The number of hydrogen-bond donors (Lipinski definition) is 1. The fraction of sp³-hybridized carbons (Fsp3) is 0.350. The van der Waals surface area contributed by atoms with E-state index in [1.54, 1.807) is 18.2 Å². The summed E-state index contributed by atoms with van der Waals surface area (Å²) in [4.78, 5) is 12.0. The molecule has 7 heteroatoms. The van der Waals surface area contributed by atoms with Crippen LogP contribution in [-0.4, -0.2) is 27.1 Å². The van der Waals surface area contributed by atoms with Gasteiger partial charge in [-0.2, -0.15) is 0 Å². The number of hydrogen-bond acceptors (Lipinski definition) is 3. The van der Waals surface area contributed by atoms with Crippen LogP contribution in [0.2, 0.25) is 0 Å². The number of anilines is 1. The average molecular weight is 392 g/mol. The number of nitrogens with one attached hydrogen (secondary N) is 1. The van der Waals surface area contributed by atoms with Crippen LogP contribution in [0.5, 0.6) is 0 Å². The Morgan fingerprint density at radius 3 is 2.41 bits per heavy atom. The molecule has 0 unspecified atom stereocenters. The zero-order valence-electron chi connectivity index (χ0n) is 15.8. The monoisotopic (exact) mass is 392 g/mol. The van der Waals surface area contributed by atoms with Gasteiger partial charge in [0.25, 0.3) is 0 Å². The normalized spacial score (nSPS) is 11.3. The number of benzene rings is 2. The van der Waals surface area contributed by atoms with E-state index in [4.69, 9.17) is 0 Å². The van der Waals surface area contributed by atoms with Crippen LogP contribution >= 0.6 is 0 Å². The Hall–Kier alpha value is -2.41. The fourth-order valence-corrected chi connectivity index (χ4v) is 3.76. The molecule has 0 aliphatic rings. The van der Waals surface area contributed by atoms with Crippen molar-refractivity contribution in [3.63, 3.8) is 0 Å². The SMILES string of the molecule is Cc1cccc(N(CCCC(=O)NCc2ccc(F)cc2)S(C)(=O)=O)c1C. The topological polar surface area (TPSA) is 66.5 Å². The van der Waals surface area contributed by atoms with Crippen molar-refractivity contribution in [1.82, 2.24) is 5.32 Å². The van der Waals surface area contributed by atoms with Crippen molar-refractivity contribution in [2.75, 3.05) is 17.1 Å². The Balaban J connectivity index is 1.93. The van der Waals surface area contributed by atoms with Crippen LogP contribution < -0.4 is 9.62 Å². The van der Waals surface area contributed by atoms with Crippen molar-refractivity contribution >= 4 is 21.6 Å². The Bertz CT molecular complexity index is 896. The predicted octanol–water partition coefficient (Wildman–Crippen LogP) is 3.31. The molecule has 0 aliphatic carbocycles. The third kappa shape index (κ3) is 6.06. The van der Waals surface area contributed by atoms with Gasteiger partial charge in [0, 0.05) is 19.5 Å². The van der Waals surface area contributed by atoms with Crippen LogP contribution in [0.3, 0.4) is 0 Å². The van der Waals surface area contributed by atoms with Crippen LogP contribution in [0.1, 0.15) is 29.5 Å². The predicted molar refractivity (Wildman–Crippen MR) is 106 cm³/mol. The molecule has 2 rings (SSSR count). The number of sulfonamides is 1. The van der Waals surface area contributed by atoms with Gasteiger partial charge in [0.1, 0.15) is 5.82 Å². The molecule has 5 nitrogen and oxygen atoms in total. The molecule has 0 atom stereocenters. The number of carbonyl (C=O) groups excluding carboxylic acids is 1. The van der Waals surface area contributed by atoms with Crippen LogP contribution in [0.4, 0.5) is 10.1 Å². The minimum atomic E-state index is -3.45. The highest BCUT2D eigenvalue weighted by atomic mass is 32.2. The van der Waals surface area contributed by atoms with Gasteiger partial charge >= 0.3 is 0 Å². The van der Waals surface area contributed by atoms with Crippen LogP contribution in [0, 0.1) is 19.7 Å². The van der Waals surface area contributed by atoms with Gasteiger partial charge < -0.3 is 5.32 Å². The van der Waals surface area contributed by atoms with Gasteiger partial charge in [-0.1, -0.05) is 24.3 Å². The maximum absolute atomic E-state index is 12.9. The molecular formula is C20H25FN2O3S. The fourth-order valence-electron chi connectivity index (χ4n) is 2.75. The van der Waals surface area contributed by atoms with Gasteiger partial charge in [0.2, 0.25) is 15.9 Å². The van der Waals surface area contributed by atoms with Gasteiger partial charge in [-0.15, -0.1) is 0 Å². The molecule has 0 aromatic heterocycles. The summed E-state index contributed by atoms with van der Waals surface area (Å²) in [5, 5.41) is 2.76. The average Bonchev–Trinajstić information content (AvgIpc) is 2.60. The number of amides is 1. The first-order valence-corrected chi connectivity index (χ1v) is 10.6. The molecule has 2 aromatic carbocycles. The summed E-state index contributed by atoms with van der Waals surface area (Å²) >= 11 is 0. The summed E-state index contributed by atoms with van der Waals surface area (Å²) in [6.07, 6.45) is 1.77. The highest BCUT2D eigenvalue weighted by molar-refractivity contribution is 7.92. The molecular weight excluding hydrogens is 367 g/mol. The van der Waals surface area contributed by atoms with Gasteiger partial charge in [0.15, 0.2) is 0 Å². The van der Waals surface area contributed by atoms with E-state index < -0.39 is 10.0 Å². The highest BCUT2D eigenvalue weighted by Gasteiger charge is 2.19. The summed E-state index contributed by atoms with van der Waals surface area (Å²) in [5.74, 6) is -0.494. The highest BCUT2D eigenvalue weighted by Crippen LogP contribution is 2.25. The molecule has 0 bridgehead atoms. The van der Waals surface area contributed by atoms with Crippen LogP contribution in [-0.2, 0) is 21.4 Å². The van der Waals surface area contributed by atoms with E-state index in [2.05, 4.69) is 5.32 Å². The summed E-state index contributed by atoms with van der Waals surface area (Å²) < 4.78 is 38.6. The molecule has 0 fully saturated rings. The van der Waals surface area contributed by atoms with Gasteiger partial charge in [-0.25, -0.2) is 12.8 Å². The Morgan fingerprint density at radius 1 is 1.11 bits per heavy atom. The number of carbonyl (C=O) groups is 1. The zero-order chi connectivity index (χ0) is 20.0. The van der Waals surface area contributed by atoms with E-state index in [1.807, 2.05) is 26.0 Å². The maximum atomic E-state index is 12.9. The largest absolute Gasteiger partial charge is 0.352 e. The summed E-state index contributed by atoms with van der Waals surface area (Å²) in [6, 6.07) is 11.4. The first kappa shape index (κ1) is 20.9. The van der Waals surface area contributed by atoms with E-state index in [-0.39, 0.29) is 24.7 Å². The van der Waals surface area contributed by atoms with Crippen LogP contribution in [0.25, 0.3) is 0 Å². The Labute approximate surface area is 160 Å². The lowest BCUT2D eigenvalue weighted by Crippen LogP contribution is -2.32. The van der Waals surface area contributed by atoms with Gasteiger partial charge in [-0.3, -0.25) is 9.10 Å². The van der Waals surface area contributed by atoms with Gasteiger partial charge in [0.05, 0.1) is 11.9 Å². The second kappa shape index (κ2) is 8.99. The van der Waals surface area contributed by atoms with Crippen molar-refractivity contribution in [2.45, 2.75) is 33.2 Å². The number of rotatable bonds is 8. The molecule has 1 amide bonds. The summed E-state index contributed by atoms with van der Waals surface area (Å²) in [7, 11) is -3.45.